The third-order valence-corrected chi connectivity index (χ3v) is 3.06. The Balaban J connectivity index is 2.10. The second-order valence-electron chi connectivity index (χ2n) is 4.06. The molecule has 0 atom stereocenters. The Morgan fingerprint density at radius 1 is 1.25 bits per heavy atom. The van der Waals surface area contributed by atoms with Gasteiger partial charge in [0.05, 0.1) is 10.6 Å². The summed E-state index contributed by atoms with van der Waals surface area (Å²) in [6.45, 7) is -0.225. The van der Waals surface area contributed by atoms with Gasteiger partial charge in [0.1, 0.15) is 12.4 Å². The third-order valence-electron chi connectivity index (χ3n) is 2.55. The summed E-state index contributed by atoms with van der Waals surface area (Å²) in [5, 5.41) is 0.302. The number of ether oxygens (including phenoxy) is 1. The van der Waals surface area contributed by atoms with Crippen LogP contribution in [0.15, 0.2) is 36.4 Å². The predicted molar refractivity (Wildman–Crippen MR) is 76.4 cm³/mol. The van der Waals surface area contributed by atoms with Crippen LogP contribution in [0.3, 0.4) is 0 Å². The highest BCUT2D eigenvalue weighted by atomic mass is 35.5. The Morgan fingerprint density at radius 3 is 2.70 bits per heavy atom. The summed E-state index contributed by atoms with van der Waals surface area (Å²) in [7, 11) is 0. The number of hydrogen-bond donors (Lipinski definition) is 1. The molecule has 2 N–H and O–H groups in total. The van der Waals surface area contributed by atoms with Crippen LogP contribution in [0.5, 0.6) is 0 Å². The second kappa shape index (κ2) is 6.11. The predicted octanol–water partition coefficient (Wildman–Crippen LogP) is 4.07. The fraction of sp³-hybridized carbons (Fsp3) is 0.0714. The first kappa shape index (κ1) is 14.6. The van der Waals surface area contributed by atoms with Gasteiger partial charge in [0.2, 0.25) is 0 Å². The molecule has 6 heteroatoms. The van der Waals surface area contributed by atoms with Crippen LogP contribution in [0.2, 0.25) is 10.0 Å². The van der Waals surface area contributed by atoms with Crippen molar-refractivity contribution in [3.63, 3.8) is 0 Å². The molecule has 0 radical (unpaired) electrons. The van der Waals surface area contributed by atoms with Crippen molar-refractivity contribution in [3.05, 3.63) is 63.4 Å². The van der Waals surface area contributed by atoms with E-state index in [-0.39, 0.29) is 22.8 Å². The Kier molecular flexibility index (Phi) is 4.47. The van der Waals surface area contributed by atoms with Crippen molar-refractivity contribution in [2.24, 2.45) is 0 Å². The third kappa shape index (κ3) is 3.40. The lowest BCUT2D eigenvalue weighted by atomic mass is 10.2. The summed E-state index contributed by atoms with van der Waals surface area (Å²) in [6, 6.07) is 8.85. The van der Waals surface area contributed by atoms with Crippen molar-refractivity contribution in [3.8, 4) is 0 Å². The van der Waals surface area contributed by atoms with Gasteiger partial charge in [-0.25, -0.2) is 9.18 Å². The molecule has 0 bridgehead atoms. The van der Waals surface area contributed by atoms with Gasteiger partial charge in [-0.2, -0.15) is 0 Å². The minimum atomic E-state index is -0.640. The molecule has 2 aromatic carbocycles. The fourth-order valence-corrected chi connectivity index (χ4v) is 2.05. The van der Waals surface area contributed by atoms with Crippen LogP contribution < -0.4 is 5.73 Å². The standard InChI is InChI=1S/C14H10Cl2FNO2/c15-10-4-9(5-11(18)6-10)14(19)20-7-8-2-1-3-12(16)13(8)17/h1-6H,7,18H2. The van der Waals surface area contributed by atoms with E-state index in [0.29, 0.717) is 10.7 Å². The van der Waals surface area contributed by atoms with Gasteiger partial charge in [-0.05, 0) is 24.3 Å². The number of esters is 1. The summed E-state index contributed by atoms with van der Waals surface area (Å²) >= 11 is 11.4. The minimum absolute atomic E-state index is 0.0226. The zero-order chi connectivity index (χ0) is 14.7. The van der Waals surface area contributed by atoms with Crippen LogP contribution >= 0.6 is 23.2 Å². The van der Waals surface area contributed by atoms with Gasteiger partial charge < -0.3 is 10.5 Å². The Hall–Kier alpha value is -1.78. The van der Waals surface area contributed by atoms with Gasteiger partial charge in [0.15, 0.2) is 0 Å². The maximum absolute atomic E-state index is 13.6. The van der Waals surface area contributed by atoms with E-state index in [0.717, 1.165) is 0 Å². The molecule has 0 fully saturated rings. The molecule has 0 aliphatic carbocycles. The number of carbonyl (C=O) groups is 1. The zero-order valence-corrected chi connectivity index (χ0v) is 11.7. The highest BCUT2D eigenvalue weighted by Crippen LogP contribution is 2.20. The maximum Gasteiger partial charge on any atom is 0.338 e. The zero-order valence-electron chi connectivity index (χ0n) is 10.2. The number of nitrogens with two attached hydrogens (primary N) is 1. The number of rotatable bonds is 3. The molecule has 0 saturated carbocycles. The number of benzene rings is 2. The molecular formula is C14H10Cl2FNO2. The molecule has 3 nitrogen and oxygen atoms in total. The van der Waals surface area contributed by atoms with Gasteiger partial charge in [-0.3, -0.25) is 0 Å². The van der Waals surface area contributed by atoms with Gasteiger partial charge in [-0.15, -0.1) is 0 Å². The van der Waals surface area contributed by atoms with Gasteiger partial charge in [0, 0.05) is 16.3 Å². The molecule has 2 aromatic rings. The van der Waals surface area contributed by atoms with Crippen molar-refractivity contribution < 1.29 is 13.9 Å². The number of hydrogen-bond acceptors (Lipinski definition) is 3. The van der Waals surface area contributed by atoms with E-state index in [1.807, 2.05) is 0 Å². The lowest BCUT2D eigenvalue weighted by molar-refractivity contribution is 0.0469. The van der Waals surface area contributed by atoms with Crippen molar-refractivity contribution >= 4 is 34.9 Å². The highest BCUT2D eigenvalue weighted by molar-refractivity contribution is 6.31. The SMILES string of the molecule is Nc1cc(Cl)cc(C(=O)OCc2cccc(Cl)c2F)c1. The summed E-state index contributed by atoms with van der Waals surface area (Å²) in [5.41, 5.74) is 6.33. The van der Waals surface area contributed by atoms with E-state index in [1.165, 1.54) is 30.3 Å². The first-order chi connectivity index (χ1) is 9.47. The van der Waals surface area contributed by atoms with E-state index in [4.69, 9.17) is 33.7 Å². The molecule has 0 unspecified atom stereocenters. The fourth-order valence-electron chi connectivity index (χ4n) is 1.62. The van der Waals surface area contributed by atoms with Gasteiger partial charge in [-0.1, -0.05) is 35.3 Å². The number of carbonyl (C=O) groups excluding carboxylic acids is 1. The van der Waals surface area contributed by atoms with Crippen LogP contribution in [0.4, 0.5) is 10.1 Å². The molecular weight excluding hydrogens is 304 g/mol. The molecule has 0 amide bonds. The lowest BCUT2D eigenvalue weighted by Gasteiger charge is -2.07. The first-order valence-corrected chi connectivity index (χ1v) is 6.39. The van der Waals surface area contributed by atoms with Crippen molar-refractivity contribution in [2.75, 3.05) is 5.73 Å². The molecule has 0 spiro atoms. The number of nitrogen functional groups attached to an aromatic ring is 1. The summed E-state index contributed by atoms with van der Waals surface area (Å²) in [5.74, 6) is -1.24. The molecule has 2 rings (SSSR count). The maximum atomic E-state index is 13.6. The number of anilines is 1. The van der Waals surface area contributed by atoms with E-state index in [1.54, 1.807) is 6.07 Å². The smallest absolute Gasteiger partial charge is 0.338 e. The van der Waals surface area contributed by atoms with E-state index in [9.17, 15) is 9.18 Å². The molecule has 0 aliphatic rings. The Labute approximate surface area is 125 Å². The lowest BCUT2D eigenvalue weighted by Crippen LogP contribution is -2.07. The van der Waals surface area contributed by atoms with Crippen molar-refractivity contribution in [2.45, 2.75) is 6.61 Å². The van der Waals surface area contributed by atoms with Crippen molar-refractivity contribution in [1.82, 2.24) is 0 Å². The molecule has 104 valence electrons. The van der Waals surface area contributed by atoms with E-state index < -0.39 is 11.8 Å². The van der Waals surface area contributed by atoms with E-state index >= 15 is 0 Å². The monoisotopic (exact) mass is 313 g/mol. The second-order valence-corrected chi connectivity index (χ2v) is 4.91. The molecule has 20 heavy (non-hydrogen) atoms. The largest absolute Gasteiger partial charge is 0.457 e. The van der Waals surface area contributed by atoms with Crippen LogP contribution in [-0.2, 0) is 11.3 Å². The minimum Gasteiger partial charge on any atom is -0.457 e. The molecule has 0 aliphatic heterocycles. The van der Waals surface area contributed by atoms with Gasteiger partial charge in [0.25, 0.3) is 0 Å². The van der Waals surface area contributed by atoms with Crippen LogP contribution in [-0.4, -0.2) is 5.97 Å². The average Bonchev–Trinajstić information content (AvgIpc) is 2.39. The van der Waals surface area contributed by atoms with Gasteiger partial charge >= 0.3 is 5.97 Å². The van der Waals surface area contributed by atoms with E-state index in [2.05, 4.69) is 0 Å². The Morgan fingerprint density at radius 2 is 2.00 bits per heavy atom. The molecule has 0 aromatic heterocycles. The Bertz CT molecular complexity index is 641. The van der Waals surface area contributed by atoms with Crippen LogP contribution in [0.25, 0.3) is 0 Å². The van der Waals surface area contributed by atoms with Crippen molar-refractivity contribution in [1.29, 1.82) is 0 Å². The highest BCUT2D eigenvalue weighted by Gasteiger charge is 2.12. The first-order valence-electron chi connectivity index (χ1n) is 5.63. The number of halogens is 3. The van der Waals surface area contributed by atoms with Crippen LogP contribution in [0.1, 0.15) is 15.9 Å². The van der Waals surface area contributed by atoms with Crippen LogP contribution in [0, 0.1) is 5.82 Å². The molecule has 0 saturated heterocycles. The summed E-state index contributed by atoms with van der Waals surface area (Å²) in [4.78, 5) is 11.8. The quantitative estimate of drug-likeness (QED) is 0.686. The normalized spacial score (nSPS) is 10.3. The topological polar surface area (TPSA) is 52.3 Å². The average molecular weight is 314 g/mol. The summed E-state index contributed by atoms with van der Waals surface area (Å²) < 4.78 is 18.6. The summed E-state index contributed by atoms with van der Waals surface area (Å²) in [6.07, 6.45) is 0. The molecule has 0 heterocycles.